The third kappa shape index (κ3) is 6.32. The van der Waals surface area contributed by atoms with Crippen molar-refractivity contribution in [3.8, 4) is 27.9 Å². The van der Waals surface area contributed by atoms with Crippen LogP contribution in [0.2, 0.25) is 0 Å². The topological polar surface area (TPSA) is 4.93 Å². The number of benzene rings is 9. The van der Waals surface area contributed by atoms with E-state index in [2.05, 4.69) is 221 Å². The Labute approximate surface area is 335 Å². The molecule has 0 atom stereocenters. The summed E-state index contributed by atoms with van der Waals surface area (Å²) in [5.74, 6) is 0. The Bertz CT molecular complexity index is 3150. The van der Waals surface area contributed by atoms with Crippen molar-refractivity contribution in [3.63, 3.8) is 0 Å². The lowest BCUT2D eigenvalue weighted by atomic mass is 9.88. The normalized spacial score (nSPS) is 11.5. The quantitative estimate of drug-likeness (QED) is 0.166. The van der Waals surface area contributed by atoms with Crippen LogP contribution in [0.1, 0.15) is 34.7 Å². The molecule has 0 unspecified atom stereocenters. The summed E-state index contributed by atoms with van der Waals surface area (Å²) in [5.41, 5.74) is 15.2. The zero-order valence-electron chi connectivity index (χ0n) is 33.1. The zero-order chi connectivity index (χ0) is 39.0. The Hall–Kier alpha value is -6.96. The SMILES string of the molecule is C=Cc1ccc(-c2c(C)ccc3ccccc23)c(C)c1/C=C\C.Cc1ccc(-c2ccc(-n3c4ccc5ccccc5c4c4ccc5ccccc5c43)cc2)cc1. The van der Waals surface area contributed by atoms with Crippen molar-refractivity contribution >= 4 is 66.3 Å². The standard InChI is InChI=1S/C33H23N.C23H22/c1-22-10-12-23(13-11-22)24-14-18-27(19-15-24)34-31-21-17-25-6-2-4-8-28(25)32(31)30-20-16-26-7-3-5-9-29(26)33(30)34;1-5-9-20-17(4)21(15-14-18(20)6-2)23-16(3)12-13-19-10-7-8-11-22(19)23/h2-21H,1H3;5-15H,2H2,1,3-4H3/b;9-5-. The highest BCUT2D eigenvalue weighted by molar-refractivity contribution is 6.26. The lowest BCUT2D eigenvalue weighted by Crippen LogP contribution is -1.94. The maximum Gasteiger partial charge on any atom is 0.0619 e. The molecule has 0 bridgehead atoms. The molecule has 10 aromatic rings. The predicted molar refractivity (Wildman–Crippen MR) is 250 cm³/mol. The second-order valence-electron chi connectivity index (χ2n) is 15.0. The number of nitrogens with zero attached hydrogens (tertiary/aromatic N) is 1. The molecule has 10 rings (SSSR count). The molecule has 1 heteroatoms. The van der Waals surface area contributed by atoms with Crippen molar-refractivity contribution in [2.45, 2.75) is 27.7 Å². The van der Waals surface area contributed by atoms with Crippen molar-refractivity contribution in [2.24, 2.45) is 0 Å². The van der Waals surface area contributed by atoms with Gasteiger partial charge in [-0.3, -0.25) is 0 Å². The van der Waals surface area contributed by atoms with Crippen LogP contribution < -0.4 is 0 Å². The third-order valence-corrected chi connectivity index (χ3v) is 11.6. The van der Waals surface area contributed by atoms with E-state index in [9.17, 15) is 0 Å². The van der Waals surface area contributed by atoms with Crippen LogP contribution in [-0.2, 0) is 0 Å². The lowest BCUT2D eigenvalue weighted by Gasteiger charge is -2.16. The number of aromatic nitrogens is 1. The van der Waals surface area contributed by atoms with Crippen molar-refractivity contribution in [3.05, 3.63) is 210 Å². The van der Waals surface area contributed by atoms with Gasteiger partial charge in [-0.05, 0) is 117 Å². The van der Waals surface area contributed by atoms with Gasteiger partial charge < -0.3 is 4.57 Å². The van der Waals surface area contributed by atoms with Crippen molar-refractivity contribution in [2.75, 3.05) is 0 Å². The summed E-state index contributed by atoms with van der Waals surface area (Å²) in [6.07, 6.45) is 6.20. The smallest absolute Gasteiger partial charge is 0.0619 e. The fourth-order valence-corrected chi connectivity index (χ4v) is 8.69. The van der Waals surface area contributed by atoms with E-state index in [1.54, 1.807) is 0 Å². The monoisotopic (exact) mass is 731 g/mol. The highest BCUT2D eigenvalue weighted by Crippen LogP contribution is 2.41. The summed E-state index contributed by atoms with van der Waals surface area (Å²) in [5, 5.41) is 10.3. The van der Waals surface area contributed by atoms with Gasteiger partial charge in [-0.15, -0.1) is 0 Å². The van der Waals surface area contributed by atoms with E-state index in [4.69, 9.17) is 0 Å². The van der Waals surface area contributed by atoms with Crippen LogP contribution in [0.5, 0.6) is 0 Å². The zero-order valence-corrected chi connectivity index (χ0v) is 33.1. The summed E-state index contributed by atoms with van der Waals surface area (Å²) in [6, 6.07) is 61.7. The van der Waals surface area contributed by atoms with Gasteiger partial charge in [-0.25, -0.2) is 0 Å². The van der Waals surface area contributed by atoms with Crippen LogP contribution in [0.25, 0.3) is 94.2 Å². The second kappa shape index (κ2) is 14.9. The first-order chi connectivity index (χ1) is 27.9. The summed E-state index contributed by atoms with van der Waals surface area (Å²) in [4.78, 5) is 0. The van der Waals surface area contributed by atoms with Crippen LogP contribution in [0, 0.1) is 20.8 Å². The van der Waals surface area contributed by atoms with E-state index < -0.39 is 0 Å². The Kier molecular flexibility index (Phi) is 9.36. The van der Waals surface area contributed by atoms with E-state index in [0.717, 1.165) is 0 Å². The maximum atomic E-state index is 3.95. The van der Waals surface area contributed by atoms with Crippen molar-refractivity contribution in [1.82, 2.24) is 4.57 Å². The van der Waals surface area contributed by atoms with E-state index >= 15 is 0 Å². The molecule has 0 aliphatic rings. The Balaban J connectivity index is 0.000000161. The van der Waals surface area contributed by atoms with Gasteiger partial charge in [0.1, 0.15) is 0 Å². The van der Waals surface area contributed by atoms with E-state index in [-0.39, 0.29) is 0 Å². The predicted octanol–water partition coefficient (Wildman–Crippen LogP) is 15.9. The first-order valence-corrected chi connectivity index (χ1v) is 19.8. The van der Waals surface area contributed by atoms with Gasteiger partial charge in [0.25, 0.3) is 0 Å². The first-order valence-electron chi connectivity index (χ1n) is 19.8. The molecule has 0 spiro atoms. The van der Waals surface area contributed by atoms with Gasteiger partial charge in [0.05, 0.1) is 11.0 Å². The van der Waals surface area contributed by atoms with Gasteiger partial charge in [-0.2, -0.15) is 0 Å². The lowest BCUT2D eigenvalue weighted by molar-refractivity contribution is 1.19. The molecule has 1 nitrogen and oxygen atoms in total. The van der Waals surface area contributed by atoms with Crippen LogP contribution in [0.3, 0.4) is 0 Å². The molecule has 57 heavy (non-hydrogen) atoms. The van der Waals surface area contributed by atoms with Crippen LogP contribution in [0.4, 0.5) is 0 Å². The maximum absolute atomic E-state index is 3.95. The minimum absolute atomic E-state index is 1.18. The highest BCUT2D eigenvalue weighted by Gasteiger charge is 2.17. The van der Waals surface area contributed by atoms with Crippen molar-refractivity contribution in [1.29, 1.82) is 0 Å². The van der Waals surface area contributed by atoms with Crippen LogP contribution in [-0.4, -0.2) is 4.57 Å². The largest absolute Gasteiger partial charge is 0.309 e. The van der Waals surface area contributed by atoms with E-state index in [0.29, 0.717) is 0 Å². The Morgan fingerprint density at radius 1 is 0.509 bits per heavy atom. The molecule has 0 saturated carbocycles. The van der Waals surface area contributed by atoms with E-state index in [1.807, 2.05) is 6.08 Å². The number of aryl methyl sites for hydroxylation is 2. The van der Waals surface area contributed by atoms with Gasteiger partial charge in [-0.1, -0.05) is 182 Å². The van der Waals surface area contributed by atoms with Gasteiger partial charge >= 0.3 is 0 Å². The number of hydrogen-bond acceptors (Lipinski definition) is 0. The summed E-state index contributed by atoms with van der Waals surface area (Å²) < 4.78 is 2.44. The van der Waals surface area contributed by atoms with Gasteiger partial charge in [0, 0.05) is 21.8 Å². The molecule has 0 fully saturated rings. The molecular formula is C56H45N. The fraction of sp³-hybridized carbons (Fsp3) is 0.0714. The van der Waals surface area contributed by atoms with Crippen LogP contribution >= 0.6 is 0 Å². The number of rotatable bonds is 5. The Morgan fingerprint density at radius 2 is 1.09 bits per heavy atom. The minimum atomic E-state index is 1.18. The molecular weight excluding hydrogens is 687 g/mol. The minimum Gasteiger partial charge on any atom is -0.309 e. The van der Waals surface area contributed by atoms with Gasteiger partial charge in [0.2, 0.25) is 0 Å². The number of allylic oxidation sites excluding steroid dienone is 1. The van der Waals surface area contributed by atoms with Crippen molar-refractivity contribution < 1.29 is 0 Å². The molecule has 0 aliphatic heterocycles. The molecule has 0 radical (unpaired) electrons. The first kappa shape index (κ1) is 35.7. The molecule has 0 saturated heterocycles. The molecule has 274 valence electrons. The second-order valence-corrected chi connectivity index (χ2v) is 15.0. The fourth-order valence-electron chi connectivity index (χ4n) is 8.69. The Morgan fingerprint density at radius 3 is 1.77 bits per heavy atom. The molecule has 1 heterocycles. The number of hydrogen-bond donors (Lipinski definition) is 0. The van der Waals surface area contributed by atoms with E-state index in [1.165, 1.54) is 110 Å². The average Bonchev–Trinajstić information content (AvgIpc) is 3.61. The molecule has 0 aliphatic carbocycles. The molecule has 0 amide bonds. The van der Waals surface area contributed by atoms with Crippen LogP contribution in [0.15, 0.2) is 183 Å². The summed E-state index contributed by atoms with van der Waals surface area (Å²) in [6.45, 7) is 12.5. The van der Waals surface area contributed by atoms with Gasteiger partial charge in [0.15, 0.2) is 0 Å². The molecule has 1 aromatic heterocycles. The highest BCUT2D eigenvalue weighted by atomic mass is 15.0. The third-order valence-electron chi connectivity index (χ3n) is 11.6. The number of fused-ring (bicyclic) bond motifs is 8. The summed E-state index contributed by atoms with van der Waals surface area (Å²) >= 11 is 0. The average molecular weight is 732 g/mol. The molecule has 0 N–H and O–H groups in total. The molecule has 9 aromatic carbocycles. The summed E-state index contributed by atoms with van der Waals surface area (Å²) in [7, 11) is 0.